The van der Waals surface area contributed by atoms with Crippen LogP contribution in [-0.4, -0.2) is 17.9 Å². The fourth-order valence-corrected chi connectivity index (χ4v) is 1.99. The van der Waals surface area contributed by atoms with Gasteiger partial charge >= 0.3 is 0 Å². The Morgan fingerprint density at radius 2 is 2.04 bits per heavy atom. The minimum absolute atomic E-state index is 0.255. The Morgan fingerprint density at radius 3 is 2.78 bits per heavy atom. The summed E-state index contributed by atoms with van der Waals surface area (Å²) in [4.78, 5) is 0. The monoisotopic (exact) mass is 331 g/mol. The van der Waals surface area contributed by atoms with Gasteiger partial charge in [0.05, 0.1) is 6.21 Å². The molecule has 4 nitrogen and oxygen atoms in total. The van der Waals surface area contributed by atoms with E-state index in [9.17, 15) is 4.39 Å². The van der Waals surface area contributed by atoms with Crippen molar-refractivity contribution in [2.45, 2.75) is 13.5 Å². The number of benzene rings is 2. The van der Waals surface area contributed by atoms with Crippen LogP contribution in [0.5, 0.6) is 5.75 Å². The second-order valence-electron chi connectivity index (χ2n) is 4.72. The molecule has 23 heavy (non-hydrogen) atoms. The molecule has 0 heterocycles. The van der Waals surface area contributed by atoms with Crippen LogP contribution in [0, 0.1) is 5.82 Å². The molecule has 0 aliphatic carbocycles. The number of nitrogens with zero attached hydrogens (tertiary/aromatic N) is 1. The molecule has 0 aliphatic rings. The molecule has 0 spiro atoms. The van der Waals surface area contributed by atoms with Crippen molar-refractivity contribution < 1.29 is 9.13 Å². The number of thiocarbonyl (C=S) groups is 1. The third-order valence-corrected chi connectivity index (χ3v) is 3.13. The molecule has 0 aromatic heterocycles. The second-order valence-corrected chi connectivity index (χ2v) is 5.13. The molecule has 2 rings (SSSR count). The fourth-order valence-electron chi connectivity index (χ4n) is 1.80. The molecule has 0 bridgehead atoms. The first-order valence-electron chi connectivity index (χ1n) is 7.21. The number of hydrogen-bond donors (Lipinski definition) is 2. The lowest BCUT2D eigenvalue weighted by molar-refractivity contribution is 0.306. The standard InChI is InChI=1S/C17H18FN3OS/c1-2-19-17(23)21-20-11-14-4-3-5-16(10-14)22-12-13-6-8-15(18)9-7-13/h3-11H,2,12H2,1H3,(H2,19,21,23)/b20-11+. The number of hydrazone groups is 1. The lowest BCUT2D eigenvalue weighted by atomic mass is 10.2. The molecule has 0 amide bonds. The molecule has 6 heteroatoms. The van der Waals surface area contributed by atoms with Gasteiger partial charge in [0.2, 0.25) is 0 Å². The molecule has 0 atom stereocenters. The van der Waals surface area contributed by atoms with E-state index < -0.39 is 0 Å². The van der Waals surface area contributed by atoms with E-state index in [2.05, 4.69) is 15.8 Å². The molecule has 0 saturated carbocycles. The highest BCUT2D eigenvalue weighted by molar-refractivity contribution is 7.80. The van der Waals surface area contributed by atoms with Gasteiger partial charge in [-0.05, 0) is 54.5 Å². The topological polar surface area (TPSA) is 45.7 Å². The minimum Gasteiger partial charge on any atom is -0.489 e. The maximum Gasteiger partial charge on any atom is 0.186 e. The summed E-state index contributed by atoms with van der Waals surface area (Å²) in [6, 6.07) is 13.7. The van der Waals surface area contributed by atoms with Crippen LogP contribution in [0.2, 0.25) is 0 Å². The highest BCUT2D eigenvalue weighted by atomic mass is 32.1. The summed E-state index contributed by atoms with van der Waals surface area (Å²) in [7, 11) is 0. The predicted octanol–water partition coefficient (Wildman–Crippen LogP) is 3.22. The van der Waals surface area contributed by atoms with Crippen molar-refractivity contribution in [3.8, 4) is 5.75 Å². The van der Waals surface area contributed by atoms with E-state index in [1.807, 2.05) is 31.2 Å². The van der Waals surface area contributed by atoms with Crippen LogP contribution in [0.4, 0.5) is 4.39 Å². The molecule has 0 unspecified atom stereocenters. The van der Waals surface area contributed by atoms with Gasteiger partial charge in [0.15, 0.2) is 5.11 Å². The lowest BCUT2D eigenvalue weighted by Crippen LogP contribution is -2.31. The molecule has 2 aromatic carbocycles. The summed E-state index contributed by atoms with van der Waals surface area (Å²) in [5, 5.41) is 7.47. The largest absolute Gasteiger partial charge is 0.489 e. The summed E-state index contributed by atoms with van der Waals surface area (Å²) < 4.78 is 18.5. The molecule has 2 aromatic rings. The molecular weight excluding hydrogens is 313 g/mol. The average molecular weight is 331 g/mol. The van der Waals surface area contributed by atoms with Gasteiger partial charge in [0, 0.05) is 6.54 Å². The van der Waals surface area contributed by atoms with Crippen molar-refractivity contribution >= 4 is 23.5 Å². The molecule has 0 saturated heterocycles. The van der Waals surface area contributed by atoms with E-state index in [4.69, 9.17) is 17.0 Å². The van der Waals surface area contributed by atoms with E-state index in [0.717, 1.165) is 17.7 Å². The van der Waals surface area contributed by atoms with Crippen LogP contribution in [0.3, 0.4) is 0 Å². The third kappa shape index (κ3) is 6.04. The Kier molecular flexibility index (Phi) is 6.50. The van der Waals surface area contributed by atoms with E-state index in [0.29, 0.717) is 17.5 Å². The first-order chi connectivity index (χ1) is 11.2. The Hall–Kier alpha value is -2.47. The van der Waals surface area contributed by atoms with Crippen molar-refractivity contribution in [2.75, 3.05) is 6.54 Å². The summed E-state index contributed by atoms with van der Waals surface area (Å²) in [5.74, 6) is 0.461. The van der Waals surface area contributed by atoms with Crippen molar-refractivity contribution in [3.63, 3.8) is 0 Å². The molecule has 120 valence electrons. The fraction of sp³-hybridized carbons (Fsp3) is 0.176. The summed E-state index contributed by atoms with van der Waals surface area (Å²) in [6.07, 6.45) is 1.66. The highest BCUT2D eigenvalue weighted by Gasteiger charge is 1.98. The van der Waals surface area contributed by atoms with Crippen molar-refractivity contribution in [1.82, 2.24) is 10.7 Å². The zero-order chi connectivity index (χ0) is 16.5. The number of rotatable bonds is 6. The molecule has 0 aliphatic heterocycles. The summed E-state index contributed by atoms with van der Waals surface area (Å²) in [6.45, 7) is 3.08. The molecule has 0 radical (unpaired) electrons. The van der Waals surface area contributed by atoms with Crippen LogP contribution in [0.15, 0.2) is 53.6 Å². The smallest absolute Gasteiger partial charge is 0.186 e. The maximum atomic E-state index is 12.9. The van der Waals surface area contributed by atoms with Gasteiger partial charge < -0.3 is 10.1 Å². The van der Waals surface area contributed by atoms with Crippen LogP contribution >= 0.6 is 12.2 Å². The molecular formula is C17H18FN3OS. The van der Waals surface area contributed by atoms with E-state index in [-0.39, 0.29) is 5.82 Å². The van der Waals surface area contributed by atoms with Crippen LogP contribution < -0.4 is 15.5 Å². The van der Waals surface area contributed by atoms with Crippen molar-refractivity contribution in [3.05, 3.63) is 65.5 Å². The van der Waals surface area contributed by atoms with Gasteiger partial charge in [-0.3, -0.25) is 5.43 Å². The van der Waals surface area contributed by atoms with Gasteiger partial charge in [-0.15, -0.1) is 0 Å². The normalized spacial score (nSPS) is 10.5. The van der Waals surface area contributed by atoms with E-state index in [1.165, 1.54) is 12.1 Å². The first-order valence-corrected chi connectivity index (χ1v) is 7.62. The SMILES string of the molecule is CCNC(=S)N/N=C/c1cccc(OCc2ccc(F)cc2)c1. The number of nitrogens with one attached hydrogen (secondary N) is 2. The van der Waals surface area contributed by atoms with Crippen LogP contribution in [0.1, 0.15) is 18.1 Å². The zero-order valence-corrected chi connectivity index (χ0v) is 13.6. The average Bonchev–Trinajstić information content (AvgIpc) is 2.55. The predicted molar refractivity (Wildman–Crippen MR) is 94.2 cm³/mol. The van der Waals surface area contributed by atoms with E-state index >= 15 is 0 Å². The van der Waals surface area contributed by atoms with Gasteiger partial charge in [0.25, 0.3) is 0 Å². The highest BCUT2D eigenvalue weighted by Crippen LogP contribution is 2.14. The minimum atomic E-state index is -0.255. The van der Waals surface area contributed by atoms with Gasteiger partial charge in [-0.25, -0.2) is 4.39 Å². The van der Waals surface area contributed by atoms with Crippen molar-refractivity contribution in [1.29, 1.82) is 0 Å². The number of halogens is 1. The van der Waals surface area contributed by atoms with Crippen molar-refractivity contribution in [2.24, 2.45) is 5.10 Å². The second kappa shape index (κ2) is 8.85. The third-order valence-electron chi connectivity index (χ3n) is 2.89. The van der Waals surface area contributed by atoms with Gasteiger partial charge in [0.1, 0.15) is 18.2 Å². The van der Waals surface area contributed by atoms with Gasteiger partial charge in [-0.1, -0.05) is 24.3 Å². The Balaban J connectivity index is 1.90. The number of ether oxygens (including phenoxy) is 1. The molecule has 0 fully saturated rings. The first kappa shape index (κ1) is 16.9. The van der Waals surface area contributed by atoms with Crippen LogP contribution in [0.25, 0.3) is 0 Å². The maximum absolute atomic E-state index is 12.9. The Morgan fingerprint density at radius 1 is 1.26 bits per heavy atom. The Bertz CT molecular complexity index is 674. The number of hydrogen-bond acceptors (Lipinski definition) is 3. The van der Waals surface area contributed by atoms with Crippen LogP contribution in [-0.2, 0) is 6.61 Å². The van der Waals surface area contributed by atoms with Gasteiger partial charge in [-0.2, -0.15) is 5.10 Å². The molecule has 2 N–H and O–H groups in total. The van der Waals surface area contributed by atoms with E-state index in [1.54, 1.807) is 18.3 Å². The zero-order valence-electron chi connectivity index (χ0n) is 12.8. The summed E-state index contributed by atoms with van der Waals surface area (Å²) >= 11 is 5.01. The quantitative estimate of drug-likeness (QED) is 0.485. The summed E-state index contributed by atoms with van der Waals surface area (Å²) in [5.41, 5.74) is 4.52. The lowest BCUT2D eigenvalue weighted by Gasteiger charge is -2.07. The Labute approximate surface area is 140 Å².